The van der Waals surface area contributed by atoms with E-state index in [-0.39, 0.29) is 17.4 Å². The molecule has 1 atom stereocenters. The fourth-order valence-corrected chi connectivity index (χ4v) is 3.04. The molecule has 1 N–H and O–H groups in total. The zero-order valence-corrected chi connectivity index (χ0v) is 12.6. The molecule has 1 aliphatic rings. The lowest BCUT2D eigenvalue weighted by molar-refractivity contribution is 0.548. The van der Waals surface area contributed by atoms with Gasteiger partial charge in [-0.3, -0.25) is 0 Å². The topological polar surface area (TPSA) is 58.0 Å². The Labute approximate surface area is 127 Å². The maximum Gasteiger partial charge on any atom is 0.299 e. The molecule has 114 valence electrons. The number of para-hydroxylation sites is 1. The number of oxazole rings is 1. The van der Waals surface area contributed by atoms with Gasteiger partial charge in [-0.2, -0.15) is 4.98 Å². The van der Waals surface area contributed by atoms with Gasteiger partial charge >= 0.3 is 0 Å². The van der Waals surface area contributed by atoms with Crippen LogP contribution in [0.5, 0.6) is 0 Å². The van der Waals surface area contributed by atoms with Crippen LogP contribution in [0.2, 0.25) is 0 Å². The lowest BCUT2D eigenvalue weighted by atomic mass is 10.2. The van der Waals surface area contributed by atoms with Crippen LogP contribution in [0.25, 0.3) is 11.1 Å². The van der Waals surface area contributed by atoms with Crippen molar-refractivity contribution in [2.75, 3.05) is 11.4 Å². The molecular weight excluding hydrogens is 283 g/mol. The Hall–Kier alpha value is -2.37. The standard InChI is InChI=1S/C16H17FN4O/c1-9-10(2)19-15(18-9)12-6-4-8-21(12)16-20-14-11(17)5-3-7-13(14)22-16/h3,5,7,12H,4,6,8H2,1-2H3,(H,18,19). The van der Waals surface area contributed by atoms with Gasteiger partial charge in [0.2, 0.25) is 0 Å². The van der Waals surface area contributed by atoms with Crippen LogP contribution in [-0.2, 0) is 0 Å². The number of aryl methyl sites for hydroxylation is 2. The second-order valence-electron chi connectivity index (χ2n) is 5.77. The molecule has 0 saturated carbocycles. The van der Waals surface area contributed by atoms with Gasteiger partial charge in [-0.1, -0.05) is 6.07 Å². The summed E-state index contributed by atoms with van der Waals surface area (Å²) in [7, 11) is 0. The van der Waals surface area contributed by atoms with E-state index in [2.05, 4.69) is 19.9 Å². The maximum absolute atomic E-state index is 13.8. The third kappa shape index (κ3) is 1.98. The van der Waals surface area contributed by atoms with E-state index in [4.69, 9.17) is 4.42 Å². The Kier molecular flexibility index (Phi) is 2.92. The number of aromatic amines is 1. The summed E-state index contributed by atoms with van der Waals surface area (Å²) >= 11 is 0. The summed E-state index contributed by atoms with van der Waals surface area (Å²) in [5.74, 6) is 0.572. The number of imidazole rings is 1. The van der Waals surface area contributed by atoms with Gasteiger partial charge in [-0.05, 0) is 38.8 Å². The average molecular weight is 300 g/mol. The van der Waals surface area contributed by atoms with Gasteiger partial charge in [0.05, 0.1) is 11.7 Å². The van der Waals surface area contributed by atoms with Gasteiger partial charge in [0.25, 0.3) is 6.01 Å². The molecule has 0 spiro atoms. The molecule has 1 unspecified atom stereocenters. The molecule has 1 fully saturated rings. The number of halogens is 1. The SMILES string of the molecule is Cc1nc(C2CCCN2c2nc3c(F)cccc3o2)[nH]c1C. The quantitative estimate of drug-likeness (QED) is 0.785. The molecule has 3 aromatic rings. The number of benzene rings is 1. The van der Waals surface area contributed by atoms with Crippen LogP contribution in [0.15, 0.2) is 22.6 Å². The van der Waals surface area contributed by atoms with E-state index in [0.717, 1.165) is 36.6 Å². The first kappa shape index (κ1) is 13.3. The van der Waals surface area contributed by atoms with Crippen LogP contribution in [0.3, 0.4) is 0 Å². The highest BCUT2D eigenvalue weighted by Gasteiger charge is 2.32. The van der Waals surface area contributed by atoms with Gasteiger partial charge < -0.3 is 14.3 Å². The summed E-state index contributed by atoms with van der Waals surface area (Å²) in [5, 5.41) is 0. The second kappa shape index (κ2) is 4.83. The predicted octanol–water partition coefficient (Wildman–Crippen LogP) is 3.65. The van der Waals surface area contributed by atoms with Crippen molar-refractivity contribution in [2.24, 2.45) is 0 Å². The molecule has 0 aliphatic carbocycles. The van der Waals surface area contributed by atoms with E-state index in [1.807, 2.05) is 13.8 Å². The fraction of sp³-hybridized carbons (Fsp3) is 0.375. The van der Waals surface area contributed by atoms with E-state index in [1.54, 1.807) is 12.1 Å². The third-order valence-electron chi connectivity index (χ3n) is 4.32. The molecule has 3 heterocycles. The van der Waals surface area contributed by atoms with Crippen LogP contribution in [0.4, 0.5) is 10.4 Å². The number of nitrogens with zero attached hydrogens (tertiary/aromatic N) is 3. The second-order valence-corrected chi connectivity index (χ2v) is 5.77. The van der Waals surface area contributed by atoms with Crippen LogP contribution in [0, 0.1) is 19.7 Å². The zero-order valence-electron chi connectivity index (χ0n) is 12.6. The minimum absolute atomic E-state index is 0.100. The molecular formula is C16H17FN4O. The number of hydrogen-bond donors (Lipinski definition) is 1. The summed E-state index contributed by atoms with van der Waals surface area (Å²) in [6.07, 6.45) is 2.01. The highest BCUT2D eigenvalue weighted by molar-refractivity contribution is 5.75. The smallest absolute Gasteiger partial charge is 0.299 e. The van der Waals surface area contributed by atoms with Crippen LogP contribution in [-0.4, -0.2) is 21.5 Å². The van der Waals surface area contributed by atoms with Crippen molar-refractivity contribution in [1.29, 1.82) is 0 Å². The highest BCUT2D eigenvalue weighted by Crippen LogP contribution is 2.36. The Morgan fingerprint density at radius 3 is 2.91 bits per heavy atom. The molecule has 6 heteroatoms. The van der Waals surface area contributed by atoms with Gasteiger partial charge in [-0.15, -0.1) is 0 Å². The Balaban J connectivity index is 1.74. The number of fused-ring (bicyclic) bond motifs is 1. The zero-order chi connectivity index (χ0) is 15.3. The van der Waals surface area contributed by atoms with Gasteiger partial charge in [0.15, 0.2) is 11.4 Å². The van der Waals surface area contributed by atoms with Crippen molar-refractivity contribution in [3.05, 3.63) is 41.2 Å². The molecule has 2 aromatic heterocycles. The number of nitrogens with one attached hydrogen (secondary N) is 1. The monoisotopic (exact) mass is 300 g/mol. The first-order valence-electron chi connectivity index (χ1n) is 7.48. The van der Waals surface area contributed by atoms with Crippen LogP contribution >= 0.6 is 0 Å². The van der Waals surface area contributed by atoms with Crippen molar-refractivity contribution >= 4 is 17.1 Å². The van der Waals surface area contributed by atoms with Gasteiger partial charge in [0.1, 0.15) is 11.3 Å². The normalized spacial score (nSPS) is 18.5. The number of rotatable bonds is 2. The van der Waals surface area contributed by atoms with E-state index in [9.17, 15) is 4.39 Å². The van der Waals surface area contributed by atoms with Crippen molar-refractivity contribution in [3.8, 4) is 0 Å². The number of aromatic nitrogens is 3. The summed E-state index contributed by atoms with van der Waals surface area (Å²) in [6.45, 7) is 4.83. The predicted molar refractivity (Wildman–Crippen MR) is 81.3 cm³/mol. The molecule has 0 radical (unpaired) electrons. The Morgan fingerprint density at radius 2 is 2.18 bits per heavy atom. The first-order chi connectivity index (χ1) is 10.6. The van der Waals surface area contributed by atoms with E-state index >= 15 is 0 Å². The lowest BCUT2D eigenvalue weighted by Gasteiger charge is -2.20. The Morgan fingerprint density at radius 1 is 1.32 bits per heavy atom. The third-order valence-corrected chi connectivity index (χ3v) is 4.32. The largest absolute Gasteiger partial charge is 0.423 e. The number of H-pyrrole nitrogens is 1. The summed E-state index contributed by atoms with van der Waals surface area (Å²) in [5.41, 5.74) is 2.85. The van der Waals surface area contributed by atoms with E-state index in [1.165, 1.54) is 6.07 Å². The van der Waals surface area contributed by atoms with Gasteiger partial charge in [0, 0.05) is 12.2 Å². The van der Waals surface area contributed by atoms with E-state index in [0.29, 0.717) is 11.6 Å². The van der Waals surface area contributed by atoms with Crippen LogP contribution in [0.1, 0.15) is 36.1 Å². The summed E-state index contributed by atoms with van der Waals surface area (Å²) in [4.78, 5) is 14.3. The molecule has 0 amide bonds. The maximum atomic E-state index is 13.8. The van der Waals surface area contributed by atoms with E-state index < -0.39 is 0 Å². The molecule has 22 heavy (non-hydrogen) atoms. The van der Waals surface area contributed by atoms with Crippen molar-refractivity contribution < 1.29 is 8.81 Å². The lowest BCUT2D eigenvalue weighted by Crippen LogP contribution is -2.23. The summed E-state index contributed by atoms with van der Waals surface area (Å²) in [6, 6.07) is 5.34. The first-order valence-corrected chi connectivity index (χ1v) is 7.48. The Bertz CT molecular complexity index is 818. The number of anilines is 1. The molecule has 4 rings (SSSR count). The highest BCUT2D eigenvalue weighted by atomic mass is 19.1. The number of hydrogen-bond acceptors (Lipinski definition) is 4. The minimum Gasteiger partial charge on any atom is -0.423 e. The molecule has 1 aliphatic heterocycles. The minimum atomic E-state index is -0.354. The fourth-order valence-electron chi connectivity index (χ4n) is 3.04. The molecule has 1 saturated heterocycles. The molecule has 5 nitrogen and oxygen atoms in total. The van der Waals surface area contributed by atoms with Crippen molar-refractivity contribution in [3.63, 3.8) is 0 Å². The van der Waals surface area contributed by atoms with Gasteiger partial charge in [-0.25, -0.2) is 9.37 Å². The van der Waals surface area contributed by atoms with Crippen molar-refractivity contribution in [1.82, 2.24) is 15.0 Å². The average Bonchev–Trinajstić information content (AvgIpc) is 3.18. The molecule has 1 aromatic carbocycles. The van der Waals surface area contributed by atoms with Crippen molar-refractivity contribution in [2.45, 2.75) is 32.7 Å². The summed E-state index contributed by atoms with van der Waals surface area (Å²) < 4.78 is 19.6. The molecule has 0 bridgehead atoms. The van der Waals surface area contributed by atoms with Crippen LogP contribution < -0.4 is 4.90 Å².